The SMILES string of the molecule is N#CC1(COc2ccc3c(Nc4ccc(Cl)nc4)nccc3c2)CCC1. The van der Waals surface area contributed by atoms with Crippen LogP contribution in [0.4, 0.5) is 11.5 Å². The van der Waals surface area contributed by atoms with Crippen LogP contribution < -0.4 is 10.1 Å². The van der Waals surface area contributed by atoms with Crippen LogP contribution in [0.5, 0.6) is 5.75 Å². The number of ether oxygens (including phenoxy) is 1. The Morgan fingerprint density at radius 1 is 1.19 bits per heavy atom. The highest BCUT2D eigenvalue weighted by atomic mass is 35.5. The fourth-order valence-corrected chi connectivity index (χ4v) is 3.16. The number of fused-ring (bicyclic) bond motifs is 1. The summed E-state index contributed by atoms with van der Waals surface area (Å²) in [4.78, 5) is 8.49. The summed E-state index contributed by atoms with van der Waals surface area (Å²) in [6.45, 7) is 0.446. The zero-order valence-corrected chi connectivity index (χ0v) is 14.8. The Morgan fingerprint density at radius 3 is 2.77 bits per heavy atom. The van der Waals surface area contributed by atoms with Crippen LogP contribution in [0.25, 0.3) is 10.8 Å². The molecule has 2 aromatic heterocycles. The van der Waals surface area contributed by atoms with E-state index in [9.17, 15) is 5.26 Å². The number of hydrogen-bond donors (Lipinski definition) is 1. The highest BCUT2D eigenvalue weighted by Gasteiger charge is 2.38. The van der Waals surface area contributed by atoms with Gasteiger partial charge in [-0.2, -0.15) is 5.26 Å². The molecule has 0 bridgehead atoms. The Kier molecular flexibility index (Phi) is 4.36. The third-order valence-electron chi connectivity index (χ3n) is 4.79. The summed E-state index contributed by atoms with van der Waals surface area (Å²) in [6, 6.07) is 13.8. The molecule has 1 N–H and O–H groups in total. The van der Waals surface area contributed by atoms with Gasteiger partial charge in [0.2, 0.25) is 0 Å². The van der Waals surface area contributed by atoms with E-state index in [0.29, 0.717) is 11.8 Å². The van der Waals surface area contributed by atoms with Crippen molar-refractivity contribution in [3.63, 3.8) is 0 Å². The van der Waals surface area contributed by atoms with E-state index in [-0.39, 0.29) is 5.41 Å². The van der Waals surface area contributed by atoms with E-state index in [0.717, 1.165) is 47.3 Å². The molecular formula is C20H17ClN4O. The first-order valence-corrected chi connectivity index (χ1v) is 8.87. The fraction of sp³-hybridized carbons (Fsp3) is 0.250. The van der Waals surface area contributed by atoms with Gasteiger partial charge >= 0.3 is 0 Å². The van der Waals surface area contributed by atoms with E-state index in [1.807, 2.05) is 30.3 Å². The minimum atomic E-state index is -0.304. The van der Waals surface area contributed by atoms with Gasteiger partial charge in [-0.15, -0.1) is 0 Å². The first-order valence-electron chi connectivity index (χ1n) is 8.49. The third-order valence-corrected chi connectivity index (χ3v) is 5.01. The van der Waals surface area contributed by atoms with E-state index in [1.54, 1.807) is 18.5 Å². The predicted octanol–water partition coefficient (Wildman–Crippen LogP) is 5.10. The van der Waals surface area contributed by atoms with E-state index < -0.39 is 0 Å². The van der Waals surface area contributed by atoms with Crippen LogP contribution in [-0.4, -0.2) is 16.6 Å². The van der Waals surface area contributed by atoms with E-state index in [1.165, 1.54) is 0 Å². The molecule has 3 aromatic rings. The second kappa shape index (κ2) is 6.81. The van der Waals surface area contributed by atoms with Crippen molar-refractivity contribution in [1.82, 2.24) is 9.97 Å². The molecule has 1 aromatic carbocycles. The molecule has 0 radical (unpaired) electrons. The van der Waals surface area contributed by atoms with Crippen LogP contribution in [-0.2, 0) is 0 Å². The Hall–Kier alpha value is -2.84. The number of hydrogen-bond acceptors (Lipinski definition) is 5. The van der Waals surface area contributed by atoms with E-state index in [4.69, 9.17) is 16.3 Å². The molecule has 1 fully saturated rings. The van der Waals surface area contributed by atoms with Crippen molar-refractivity contribution in [3.8, 4) is 11.8 Å². The fourth-order valence-electron chi connectivity index (χ4n) is 3.05. The lowest BCUT2D eigenvalue weighted by Crippen LogP contribution is -2.34. The molecular weight excluding hydrogens is 348 g/mol. The van der Waals surface area contributed by atoms with E-state index >= 15 is 0 Å². The summed E-state index contributed by atoms with van der Waals surface area (Å²) in [5.41, 5.74) is 0.511. The van der Waals surface area contributed by atoms with Crippen LogP contribution >= 0.6 is 11.6 Å². The van der Waals surface area contributed by atoms with Gasteiger partial charge < -0.3 is 10.1 Å². The number of halogens is 1. The average molecular weight is 365 g/mol. The summed E-state index contributed by atoms with van der Waals surface area (Å²) in [6.07, 6.45) is 6.37. The van der Waals surface area contributed by atoms with Crippen molar-refractivity contribution in [2.75, 3.05) is 11.9 Å². The number of aromatic nitrogens is 2. The summed E-state index contributed by atoms with van der Waals surface area (Å²) in [7, 11) is 0. The van der Waals surface area contributed by atoms with Crippen LogP contribution in [0.1, 0.15) is 19.3 Å². The molecule has 4 rings (SSSR count). The smallest absolute Gasteiger partial charge is 0.138 e. The minimum Gasteiger partial charge on any atom is -0.492 e. The molecule has 2 heterocycles. The van der Waals surface area contributed by atoms with Gasteiger partial charge in [0.05, 0.1) is 23.4 Å². The second-order valence-corrected chi connectivity index (χ2v) is 6.96. The lowest BCUT2D eigenvalue weighted by atomic mass is 9.71. The van der Waals surface area contributed by atoms with Gasteiger partial charge in [-0.3, -0.25) is 0 Å². The summed E-state index contributed by atoms with van der Waals surface area (Å²) >= 11 is 5.83. The number of anilines is 2. The Labute approximate surface area is 156 Å². The van der Waals surface area contributed by atoms with Crippen molar-refractivity contribution >= 4 is 33.9 Å². The van der Waals surface area contributed by atoms with Crippen LogP contribution in [0.3, 0.4) is 0 Å². The van der Waals surface area contributed by atoms with Gasteiger partial charge in [0.25, 0.3) is 0 Å². The number of benzene rings is 1. The minimum absolute atomic E-state index is 0.304. The Balaban J connectivity index is 1.55. The predicted molar refractivity (Wildman–Crippen MR) is 102 cm³/mol. The van der Waals surface area contributed by atoms with Crippen molar-refractivity contribution in [3.05, 3.63) is 53.9 Å². The molecule has 0 spiro atoms. The molecule has 26 heavy (non-hydrogen) atoms. The lowest BCUT2D eigenvalue weighted by molar-refractivity contribution is 0.115. The molecule has 1 aliphatic carbocycles. The molecule has 1 aliphatic rings. The molecule has 5 nitrogen and oxygen atoms in total. The number of nitrogens with zero attached hydrogens (tertiary/aromatic N) is 3. The Morgan fingerprint density at radius 2 is 2.08 bits per heavy atom. The van der Waals surface area contributed by atoms with Crippen LogP contribution in [0.2, 0.25) is 5.15 Å². The van der Waals surface area contributed by atoms with Crippen molar-refractivity contribution in [2.45, 2.75) is 19.3 Å². The number of nitrogens with one attached hydrogen (secondary N) is 1. The van der Waals surface area contributed by atoms with Gasteiger partial charge in [-0.25, -0.2) is 9.97 Å². The molecule has 1 saturated carbocycles. The zero-order valence-electron chi connectivity index (χ0n) is 14.1. The monoisotopic (exact) mass is 364 g/mol. The maximum atomic E-state index is 9.32. The quantitative estimate of drug-likeness (QED) is 0.638. The van der Waals surface area contributed by atoms with Crippen molar-refractivity contribution < 1.29 is 4.74 Å². The molecule has 0 atom stereocenters. The number of pyridine rings is 2. The number of rotatable bonds is 5. The first-order chi connectivity index (χ1) is 12.7. The molecule has 0 aliphatic heterocycles. The molecule has 130 valence electrons. The van der Waals surface area contributed by atoms with Gasteiger partial charge in [0.1, 0.15) is 23.3 Å². The standard InChI is InChI=1S/C20H17ClN4O/c21-18-5-2-15(11-24-18)25-19-17-4-3-16(10-14(17)6-9-23-19)26-13-20(12-22)7-1-8-20/h2-6,9-11H,1,7-8,13H2,(H,23,25). The number of nitriles is 1. The van der Waals surface area contributed by atoms with Crippen molar-refractivity contribution in [1.29, 1.82) is 5.26 Å². The van der Waals surface area contributed by atoms with Gasteiger partial charge in [-0.05, 0) is 54.6 Å². The molecule has 0 unspecified atom stereocenters. The lowest BCUT2D eigenvalue weighted by Gasteiger charge is -2.34. The summed E-state index contributed by atoms with van der Waals surface area (Å²) in [5.74, 6) is 1.51. The summed E-state index contributed by atoms with van der Waals surface area (Å²) in [5, 5.41) is 15.0. The molecule has 0 saturated heterocycles. The average Bonchev–Trinajstić information content (AvgIpc) is 2.63. The Bertz CT molecular complexity index is 977. The van der Waals surface area contributed by atoms with Gasteiger partial charge in [0, 0.05) is 11.6 Å². The van der Waals surface area contributed by atoms with E-state index in [2.05, 4.69) is 21.4 Å². The van der Waals surface area contributed by atoms with Gasteiger partial charge in [-0.1, -0.05) is 18.0 Å². The molecule has 0 amide bonds. The second-order valence-electron chi connectivity index (χ2n) is 6.57. The topological polar surface area (TPSA) is 70.8 Å². The summed E-state index contributed by atoms with van der Waals surface area (Å²) < 4.78 is 5.90. The maximum Gasteiger partial charge on any atom is 0.138 e. The normalized spacial score (nSPS) is 15.1. The highest BCUT2D eigenvalue weighted by Crippen LogP contribution is 2.40. The zero-order chi connectivity index (χ0) is 18.0. The van der Waals surface area contributed by atoms with Crippen molar-refractivity contribution in [2.24, 2.45) is 5.41 Å². The van der Waals surface area contributed by atoms with Gasteiger partial charge in [0.15, 0.2) is 0 Å². The van der Waals surface area contributed by atoms with Crippen LogP contribution in [0.15, 0.2) is 48.8 Å². The molecule has 6 heteroatoms. The third kappa shape index (κ3) is 3.29. The first kappa shape index (κ1) is 16.6. The highest BCUT2D eigenvalue weighted by molar-refractivity contribution is 6.29. The van der Waals surface area contributed by atoms with Crippen LogP contribution in [0, 0.1) is 16.7 Å². The largest absolute Gasteiger partial charge is 0.492 e. The maximum absolute atomic E-state index is 9.32.